The first-order valence-corrected chi connectivity index (χ1v) is 10.5. The molecule has 1 aliphatic carbocycles. The summed E-state index contributed by atoms with van der Waals surface area (Å²) in [4.78, 5) is 13.2. The summed E-state index contributed by atoms with van der Waals surface area (Å²) >= 11 is 0. The molecule has 0 spiro atoms. The molecule has 1 aliphatic rings. The summed E-state index contributed by atoms with van der Waals surface area (Å²) in [6.07, 6.45) is 1.16. The average Bonchev–Trinajstić information content (AvgIpc) is 3.21. The highest BCUT2D eigenvalue weighted by Gasteiger charge is 2.39. The molecule has 29 heavy (non-hydrogen) atoms. The van der Waals surface area contributed by atoms with Crippen LogP contribution in [0.15, 0.2) is 36.7 Å². The van der Waals surface area contributed by atoms with Gasteiger partial charge in [-0.3, -0.25) is 4.55 Å². The Balaban J connectivity index is 1.63. The molecule has 3 atom stereocenters. The summed E-state index contributed by atoms with van der Waals surface area (Å²) in [7, 11) is -1.25. The van der Waals surface area contributed by atoms with Crippen molar-refractivity contribution >= 4 is 27.3 Å². The highest BCUT2D eigenvalue weighted by molar-refractivity contribution is 7.83. The minimum atomic E-state index is -4.38. The number of fused-ring (bicyclic) bond motifs is 1. The summed E-state index contributed by atoms with van der Waals surface area (Å²) in [6.45, 7) is 0. The fraction of sp³-hybridized carbons (Fsp3) is 0.389. The van der Waals surface area contributed by atoms with Crippen molar-refractivity contribution in [1.29, 1.82) is 0 Å². The zero-order chi connectivity index (χ0) is 20.8. The molecule has 1 saturated carbocycles. The van der Waals surface area contributed by atoms with E-state index in [1.54, 1.807) is 0 Å². The van der Waals surface area contributed by atoms with Gasteiger partial charge in [0.2, 0.25) is 0 Å². The van der Waals surface area contributed by atoms with Crippen molar-refractivity contribution in [2.24, 2.45) is 7.05 Å². The van der Waals surface area contributed by atoms with Crippen molar-refractivity contribution in [2.45, 2.75) is 31.0 Å². The molecule has 10 nitrogen and oxygen atoms in total. The number of aryl methyl sites for hydroxylation is 1. The van der Waals surface area contributed by atoms with Gasteiger partial charge in [-0.1, -0.05) is 30.3 Å². The minimum Gasteiger partial charge on any atom is -0.391 e. The normalized spacial score (nSPS) is 22.4. The largest absolute Gasteiger partial charge is 0.391 e. The number of benzene rings is 1. The maximum absolute atomic E-state index is 11.4. The third-order valence-corrected chi connectivity index (χ3v) is 6.37. The third-order valence-electron chi connectivity index (χ3n) is 5.37. The lowest BCUT2D eigenvalue weighted by atomic mass is 10.2. The molecule has 0 unspecified atom stereocenters. The van der Waals surface area contributed by atoms with Crippen LogP contribution in [0.5, 0.6) is 0 Å². The van der Waals surface area contributed by atoms with E-state index in [1.165, 1.54) is 13.4 Å². The lowest BCUT2D eigenvalue weighted by Crippen LogP contribution is -2.41. The summed E-state index contributed by atoms with van der Waals surface area (Å²) in [5, 5.41) is 13.6. The molecule has 1 aromatic carbocycles. The molecule has 3 aromatic rings. The van der Waals surface area contributed by atoms with Crippen LogP contribution in [0.2, 0.25) is 0 Å². The van der Waals surface area contributed by atoms with Gasteiger partial charge in [0.1, 0.15) is 17.7 Å². The molecule has 11 heteroatoms. The van der Waals surface area contributed by atoms with E-state index < -0.39 is 22.4 Å². The Bertz CT molecular complexity index is 1130. The van der Waals surface area contributed by atoms with Crippen molar-refractivity contribution in [3.05, 3.63) is 36.7 Å². The Kier molecular flexibility index (Phi) is 4.99. The molecule has 0 amide bonds. The van der Waals surface area contributed by atoms with Crippen LogP contribution in [0, 0.1) is 0 Å². The highest BCUT2D eigenvalue weighted by Crippen LogP contribution is 2.31. The third kappa shape index (κ3) is 3.69. The Morgan fingerprint density at radius 3 is 2.62 bits per heavy atom. The molecule has 1 fully saturated rings. The Morgan fingerprint density at radius 1 is 1.21 bits per heavy atom. The number of nitrogens with zero attached hydrogens (tertiary/aromatic N) is 5. The molecule has 0 aliphatic heterocycles. The SMILES string of the molecule is CN([C@H]1C[C@@H](Nc2ncnc3nc(-c4ccccc4)n(C)c23)C[C@@H]1O)S(=O)(=O)O. The second-order valence-corrected chi connectivity index (χ2v) is 8.67. The fourth-order valence-corrected chi connectivity index (χ4v) is 4.43. The van der Waals surface area contributed by atoms with Crippen LogP contribution < -0.4 is 5.32 Å². The van der Waals surface area contributed by atoms with Crippen LogP contribution in [0.3, 0.4) is 0 Å². The number of aromatic nitrogens is 4. The number of imidazole rings is 1. The summed E-state index contributed by atoms with van der Waals surface area (Å²) in [5.74, 6) is 1.30. The van der Waals surface area contributed by atoms with Gasteiger partial charge in [0.15, 0.2) is 11.5 Å². The van der Waals surface area contributed by atoms with Gasteiger partial charge >= 0.3 is 10.3 Å². The van der Waals surface area contributed by atoms with E-state index in [9.17, 15) is 18.1 Å². The molecule has 2 heterocycles. The van der Waals surface area contributed by atoms with Crippen molar-refractivity contribution in [3.8, 4) is 11.4 Å². The summed E-state index contributed by atoms with van der Waals surface area (Å²) < 4.78 is 34.8. The van der Waals surface area contributed by atoms with Crippen LogP contribution in [0.25, 0.3) is 22.6 Å². The number of nitrogens with one attached hydrogen (secondary N) is 1. The Labute approximate surface area is 168 Å². The van der Waals surface area contributed by atoms with E-state index in [-0.39, 0.29) is 6.04 Å². The van der Waals surface area contributed by atoms with E-state index >= 15 is 0 Å². The Morgan fingerprint density at radius 2 is 1.93 bits per heavy atom. The second kappa shape index (κ2) is 7.34. The van der Waals surface area contributed by atoms with Crippen molar-refractivity contribution in [2.75, 3.05) is 12.4 Å². The number of hydrogen-bond donors (Lipinski definition) is 3. The molecular formula is C18H22N6O4S. The van der Waals surface area contributed by atoms with Gasteiger partial charge in [-0.25, -0.2) is 15.0 Å². The van der Waals surface area contributed by atoms with Gasteiger partial charge in [0.25, 0.3) is 0 Å². The van der Waals surface area contributed by atoms with Crippen LogP contribution in [0.1, 0.15) is 12.8 Å². The quantitative estimate of drug-likeness (QED) is 0.524. The topological polar surface area (TPSA) is 133 Å². The first kappa shape index (κ1) is 19.7. The van der Waals surface area contributed by atoms with Crippen molar-refractivity contribution in [3.63, 3.8) is 0 Å². The number of aliphatic hydroxyl groups is 1. The van der Waals surface area contributed by atoms with Gasteiger partial charge in [0.05, 0.1) is 12.1 Å². The molecule has 3 N–H and O–H groups in total. The maximum Gasteiger partial charge on any atom is 0.335 e. The lowest BCUT2D eigenvalue weighted by molar-refractivity contribution is 0.118. The Hall–Kier alpha value is -2.60. The van der Waals surface area contributed by atoms with Gasteiger partial charge in [0, 0.05) is 25.7 Å². The van der Waals surface area contributed by atoms with E-state index in [1.807, 2.05) is 41.9 Å². The van der Waals surface area contributed by atoms with Crippen LogP contribution >= 0.6 is 0 Å². The molecule has 2 aromatic heterocycles. The number of likely N-dealkylation sites (N-methyl/N-ethyl adjacent to an activating group) is 1. The predicted octanol–water partition coefficient (Wildman–Crippen LogP) is 1.07. The van der Waals surface area contributed by atoms with E-state index in [4.69, 9.17) is 0 Å². The number of anilines is 1. The van der Waals surface area contributed by atoms with Crippen LogP contribution in [-0.4, -0.2) is 67.1 Å². The van der Waals surface area contributed by atoms with Crippen LogP contribution in [0.4, 0.5) is 5.82 Å². The van der Waals surface area contributed by atoms with Gasteiger partial charge in [-0.2, -0.15) is 12.7 Å². The van der Waals surface area contributed by atoms with Crippen molar-refractivity contribution < 1.29 is 18.1 Å². The standard InChI is InChI=1S/C18H22N6O4S/c1-23-15-16(21-12-8-13(14(25)9-12)24(2)29(26,27)28)19-10-20-17(15)22-18(23)11-6-4-3-5-7-11/h3-7,10,12-14,25H,8-9H2,1-2H3,(H,19,20,21)(H,26,27,28)/t12-,13+,14+/m1/s1. The summed E-state index contributed by atoms with van der Waals surface area (Å²) in [5.41, 5.74) is 2.20. The molecule has 0 radical (unpaired) electrons. The molecule has 0 bridgehead atoms. The van der Waals surface area contributed by atoms with Gasteiger partial charge < -0.3 is 15.0 Å². The van der Waals surface area contributed by atoms with Gasteiger partial charge in [-0.05, 0) is 12.8 Å². The molecule has 4 rings (SSSR count). The first-order chi connectivity index (χ1) is 13.8. The number of rotatable bonds is 5. The first-order valence-electron chi connectivity index (χ1n) is 9.13. The second-order valence-electron chi connectivity index (χ2n) is 7.20. The summed E-state index contributed by atoms with van der Waals surface area (Å²) in [6, 6.07) is 8.79. The molecular weight excluding hydrogens is 396 g/mol. The van der Waals surface area contributed by atoms with Crippen molar-refractivity contribution in [1.82, 2.24) is 23.8 Å². The zero-order valence-corrected chi connectivity index (χ0v) is 16.8. The lowest BCUT2D eigenvalue weighted by Gasteiger charge is -2.23. The molecule has 0 saturated heterocycles. The number of aliphatic hydroxyl groups excluding tert-OH is 1. The highest BCUT2D eigenvalue weighted by atomic mass is 32.2. The van der Waals surface area contributed by atoms with Crippen LogP contribution in [-0.2, 0) is 17.4 Å². The number of hydrogen-bond acceptors (Lipinski definition) is 7. The van der Waals surface area contributed by atoms with E-state index in [0.717, 1.165) is 15.7 Å². The fourth-order valence-electron chi connectivity index (χ4n) is 3.86. The predicted molar refractivity (Wildman–Crippen MR) is 107 cm³/mol. The maximum atomic E-state index is 11.4. The average molecular weight is 418 g/mol. The van der Waals surface area contributed by atoms with E-state index in [0.29, 0.717) is 29.8 Å². The smallest absolute Gasteiger partial charge is 0.335 e. The molecule has 154 valence electrons. The minimum absolute atomic E-state index is 0.229. The van der Waals surface area contributed by atoms with Gasteiger partial charge in [-0.15, -0.1) is 0 Å². The van der Waals surface area contributed by atoms with E-state index in [2.05, 4.69) is 20.3 Å². The zero-order valence-electron chi connectivity index (χ0n) is 16.0. The monoisotopic (exact) mass is 418 g/mol.